The van der Waals surface area contributed by atoms with Gasteiger partial charge in [-0.3, -0.25) is 0 Å². The molecule has 2 heterocycles. The van der Waals surface area contributed by atoms with Gasteiger partial charge in [0.1, 0.15) is 67.1 Å². The maximum Gasteiger partial charge on any atom is 0.166 e. The van der Waals surface area contributed by atoms with Crippen LogP contribution in [0.2, 0.25) is 0 Å². The lowest BCUT2D eigenvalue weighted by molar-refractivity contribution is -0.292. The number of aliphatic hydroxyl groups is 11. The number of thiol groups is 2. The van der Waals surface area contributed by atoms with Crippen LogP contribution >= 0.6 is 25.3 Å². The predicted molar refractivity (Wildman–Crippen MR) is 101 cm³/mol. The zero-order valence-corrected chi connectivity index (χ0v) is 17.2. The zero-order valence-electron chi connectivity index (χ0n) is 15.4. The van der Waals surface area contributed by atoms with Crippen LogP contribution in [0, 0.1) is 0 Å². The zero-order chi connectivity index (χ0) is 23.2. The molecule has 2 aliphatic rings. The Kier molecular flexibility index (Phi) is 8.44. The lowest BCUT2D eigenvalue weighted by Gasteiger charge is -2.51. The van der Waals surface area contributed by atoms with Gasteiger partial charge in [0.15, 0.2) is 9.87 Å². The second-order valence-electron chi connectivity index (χ2n) is 7.47. The Morgan fingerprint density at radius 1 is 0.633 bits per heavy atom. The molecule has 0 aromatic heterocycles. The Labute approximate surface area is 181 Å². The van der Waals surface area contributed by atoms with Crippen molar-refractivity contribution >= 4 is 25.3 Å². The molecular weight excluding hydrogens is 452 g/mol. The third-order valence-electron chi connectivity index (χ3n) is 5.43. The van der Waals surface area contributed by atoms with Gasteiger partial charge in [0.05, 0.1) is 13.2 Å². The van der Waals surface area contributed by atoms with Gasteiger partial charge in [0.2, 0.25) is 0 Å². The molecule has 0 bridgehead atoms. The molecule has 2 rings (SSSR count). The first-order chi connectivity index (χ1) is 13.7. The van der Waals surface area contributed by atoms with Gasteiger partial charge in [0, 0.05) is 0 Å². The Morgan fingerprint density at radius 2 is 0.933 bits per heavy atom. The summed E-state index contributed by atoms with van der Waals surface area (Å²) in [6.45, 7) is -1.70. The van der Waals surface area contributed by atoms with Gasteiger partial charge in [-0.25, -0.2) is 0 Å². The van der Waals surface area contributed by atoms with Crippen molar-refractivity contribution in [3.63, 3.8) is 0 Å². The Bertz CT molecular complexity index is 529. The van der Waals surface area contributed by atoms with Crippen molar-refractivity contribution in [3.05, 3.63) is 0 Å². The molecule has 0 saturated carbocycles. The standard InChI is InChI=1S/C15H28O13S2/c16-1-3-5(18)7(20)9(22)11(27-3)14(25,29)13(24)15(26,30)12-10(23)8(21)6(19)4(2-17)28-12/h3-13,16-26,29-30H,1-2H2/t3-,4-,5-,6-,7+,8+,9-,10-,11?,12?,13?,14?,15?/m1/s1. The monoisotopic (exact) mass is 480 g/mol. The number of rotatable bonds is 6. The van der Waals surface area contributed by atoms with Crippen molar-refractivity contribution in [3.8, 4) is 0 Å². The molecule has 0 radical (unpaired) electrons. The van der Waals surface area contributed by atoms with Gasteiger partial charge < -0.3 is 65.6 Å². The fourth-order valence-electron chi connectivity index (χ4n) is 3.53. The Morgan fingerprint density at radius 3 is 1.20 bits per heavy atom. The van der Waals surface area contributed by atoms with Crippen LogP contribution < -0.4 is 0 Å². The van der Waals surface area contributed by atoms with E-state index in [1.165, 1.54) is 0 Å². The smallest absolute Gasteiger partial charge is 0.166 e. The van der Waals surface area contributed by atoms with Gasteiger partial charge in [-0.05, 0) is 0 Å². The van der Waals surface area contributed by atoms with E-state index in [9.17, 15) is 56.2 Å². The minimum absolute atomic E-state index is 0.848. The van der Waals surface area contributed by atoms with Crippen LogP contribution in [0.1, 0.15) is 0 Å². The van der Waals surface area contributed by atoms with Crippen molar-refractivity contribution in [2.45, 2.75) is 77.0 Å². The first-order valence-electron chi connectivity index (χ1n) is 8.91. The van der Waals surface area contributed by atoms with E-state index in [1.807, 2.05) is 0 Å². The molecule has 178 valence electrons. The number of ether oxygens (including phenoxy) is 2. The molecule has 4 unspecified atom stereocenters. The van der Waals surface area contributed by atoms with E-state index in [-0.39, 0.29) is 0 Å². The molecule has 12 atom stereocenters. The lowest BCUT2D eigenvalue weighted by atomic mass is 9.84. The highest BCUT2D eigenvalue weighted by Gasteiger charge is 2.62. The number of hydrogen-bond donors (Lipinski definition) is 13. The van der Waals surface area contributed by atoms with Crippen molar-refractivity contribution in [2.75, 3.05) is 13.2 Å². The van der Waals surface area contributed by atoms with Gasteiger partial charge in [0.25, 0.3) is 0 Å². The van der Waals surface area contributed by atoms with Gasteiger partial charge >= 0.3 is 0 Å². The van der Waals surface area contributed by atoms with Crippen LogP contribution in [-0.2, 0) is 9.47 Å². The molecule has 11 N–H and O–H groups in total. The summed E-state index contributed by atoms with van der Waals surface area (Å²) < 4.78 is 10.3. The highest BCUT2D eigenvalue weighted by molar-refractivity contribution is 7.82. The van der Waals surface area contributed by atoms with Gasteiger partial charge in [-0.15, -0.1) is 25.3 Å². The first kappa shape index (κ1) is 26.4. The van der Waals surface area contributed by atoms with Crippen LogP contribution in [0.25, 0.3) is 0 Å². The third-order valence-corrected chi connectivity index (χ3v) is 6.43. The van der Waals surface area contributed by atoms with E-state index < -0.39 is 90.2 Å². The Balaban J connectivity index is 2.32. The topological polar surface area (TPSA) is 241 Å². The summed E-state index contributed by atoms with van der Waals surface area (Å²) in [7, 11) is 0. The second kappa shape index (κ2) is 9.58. The number of aliphatic hydroxyl groups excluding tert-OH is 9. The van der Waals surface area contributed by atoms with E-state index in [1.54, 1.807) is 0 Å². The summed E-state index contributed by atoms with van der Waals surface area (Å²) in [5.41, 5.74) is 0. The average molecular weight is 481 g/mol. The quantitative estimate of drug-likeness (QED) is 0.125. The van der Waals surface area contributed by atoms with Crippen LogP contribution in [0.5, 0.6) is 0 Å². The fourth-order valence-corrected chi connectivity index (χ4v) is 4.45. The molecular formula is C15H28O13S2. The molecule has 0 amide bonds. The molecule has 0 aromatic rings. The van der Waals surface area contributed by atoms with Crippen LogP contribution in [-0.4, -0.2) is 146 Å². The van der Waals surface area contributed by atoms with Crippen molar-refractivity contribution in [1.82, 2.24) is 0 Å². The normalized spacial score (nSPS) is 47.9. The molecule has 15 heteroatoms. The van der Waals surface area contributed by atoms with Gasteiger partial charge in [-0.2, -0.15) is 0 Å². The summed E-state index contributed by atoms with van der Waals surface area (Å²) in [6, 6.07) is 0. The van der Waals surface area contributed by atoms with E-state index >= 15 is 0 Å². The molecule has 0 aliphatic carbocycles. The maximum atomic E-state index is 10.7. The highest BCUT2D eigenvalue weighted by atomic mass is 32.1. The van der Waals surface area contributed by atoms with E-state index in [4.69, 9.17) is 9.47 Å². The van der Waals surface area contributed by atoms with Gasteiger partial charge in [-0.1, -0.05) is 0 Å². The SMILES string of the molecule is OC[C@H]1OC(C(O)(S)C(O)C(O)(S)C2O[C@H](CO)[C@@H](O)[C@H](O)[C@H]2O)[C@H](O)[C@@H](O)[C@@H]1O. The first-order valence-corrected chi connectivity index (χ1v) is 9.81. The van der Waals surface area contributed by atoms with Crippen molar-refractivity contribution in [2.24, 2.45) is 0 Å². The predicted octanol–water partition coefficient (Wildman–Crippen LogP) is -6.73. The largest absolute Gasteiger partial charge is 0.394 e. The molecule has 13 nitrogen and oxygen atoms in total. The van der Waals surface area contributed by atoms with Crippen LogP contribution in [0.3, 0.4) is 0 Å². The molecule has 2 saturated heterocycles. The van der Waals surface area contributed by atoms with E-state index in [0.717, 1.165) is 0 Å². The average Bonchev–Trinajstić information content (AvgIpc) is 2.69. The van der Waals surface area contributed by atoms with E-state index in [0.29, 0.717) is 0 Å². The minimum Gasteiger partial charge on any atom is -0.394 e. The minimum atomic E-state index is -2.94. The molecule has 0 spiro atoms. The maximum absolute atomic E-state index is 10.7. The molecule has 30 heavy (non-hydrogen) atoms. The molecule has 2 aliphatic heterocycles. The third kappa shape index (κ3) is 4.48. The van der Waals surface area contributed by atoms with Crippen molar-refractivity contribution < 1.29 is 65.6 Å². The summed E-state index contributed by atoms with van der Waals surface area (Å²) in [5.74, 6) is 0. The number of hydrogen-bond acceptors (Lipinski definition) is 15. The summed E-state index contributed by atoms with van der Waals surface area (Å²) in [5, 5.41) is 110. The highest BCUT2D eigenvalue weighted by Crippen LogP contribution is 2.41. The summed E-state index contributed by atoms with van der Waals surface area (Å²) >= 11 is 7.60. The summed E-state index contributed by atoms with van der Waals surface area (Å²) in [6.07, 6.45) is -21.0. The molecule has 2 fully saturated rings. The summed E-state index contributed by atoms with van der Waals surface area (Å²) in [4.78, 5) is -5.88. The Hall–Kier alpha value is 0.180. The lowest BCUT2D eigenvalue weighted by Crippen LogP contribution is -2.72. The van der Waals surface area contributed by atoms with Crippen LogP contribution in [0.15, 0.2) is 0 Å². The van der Waals surface area contributed by atoms with Crippen LogP contribution in [0.4, 0.5) is 0 Å². The van der Waals surface area contributed by atoms with Crippen molar-refractivity contribution in [1.29, 1.82) is 0 Å². The fraction of sp³-hybridized carbons (Fsp3) is 1.00. The molecule has 0 aromatic carbocycles. The second-order valence-corrected chi connectivity index (χ2v) is 8.90. The van der Waals surface area contributed by atoms with E-state index in [2.05, 4.69) is 25.3 Å².